The Labute approximate surface area is 194 Å². The third kappa shape index (κ3) is 5.30. The zero-order valence-electron chi connectivity index (χ0n) is 19.7. The first-order chi connectivity index (χ1) is 16.1. The lowest BCUT2D eigenvalue weighted by atomic mass is 9.98. The van der Waals surface area contributed by atoms with E-state index in [-0.39, 0.29) is 5.69 Å². The average Bonchev–Trinajstić information content (AvgIpc) is 3.46. The normalized spacial score (nSPS) is 11.4. The van der Waals surface area contributed by atoms with Crippen LogP contribution in [-0.4, -0.2) is 29.8 Å². The van der Waals surface area contributed by atoms with Crippen LogP contribution in [0, 0.1) is 5.92 Å². The molecule has 4 rings (SSSR count). The molecular weight excluding hydrogens is 412 g/mol. The minimum atomic E-state index is 0.0914. The van der Waals surface area contributed by atoms with Crippen LogP contribution >= 0.6 is 0 Å². The molecule has 2 aromatic heterocycles. The van der Waals surface area contributed by atoms with Crippen LogP contribution in [0.4, 0.5) is 0 Å². The summed E-state index contributed by atoms with van der Waals surface area (Å²) in [4.78, 5) is 13.1. The second-order valence-corrected chi connectivity index (χ2v) is 8.95. The van der Waals surface area contributed by atoms with Gasteiger partial charge in [-0.3, -0.25) is 9.13 Å². The lowest BCUT2D eigenvalue weighted by Crippen LogP contribution is -2.25. The molecule has 7 nitrogen and oxygen atoms in total. The Morgan fingerprint density at radius 3 is 2.45 bits per heavy atom. The van der Waals surface area contributed by atoms with E-state index in [1.54, 1.807) is 0 Å². The lowest BCUT2D eigenvalue weighted by Gasteiger charge is -2.11. The van der Waals surface area contributed by atoms with Crippen LogP contribution in [0.1, 0.15) is 51.3 Å². The highest BCUT2D eigenvalue weighted by Crippen LogP contribution is 2.29. The molecule has 0 spiro atoms. The molecule has 0 saturated carbocycles. The van der Waals surface area contributed by atoms with Gasteiger partial charge >= 0.3 is 5.69 Å². The minimum absolute atomic E-state index is 0.0914. The number of rotatable bonds is 10. The molecular formula is C26H32N6O. The molecule has 33 heavy (non-hydrogen) atoms. The van der Waals surface area contributed by atoms with Crippen molar-refractivity contribution >= 4 is 0 Å². The van der Waals surface area contributed by atoms with Gasteiger partial charge in [-0.05, 0) is 47.1 Å². The van der Waals surface area contributed by atoms with Gasteiger partial charge < -0.3 is 0 Å². The maximum Gasteiger partial charge on any atom is 0.328 e. The van der Waals surface area contributed by atoms with E-state index in [4.69, 9.17) is 0 Å². The number of hydrogen-bond acceptors (Lipinski definition) is 4. The second kappa shape index (κ2) is 10.4. The fraction of sp³-hybridized carbons (Fsp3) is 0.385. The quantitative estimate of drug-likeness (QED) is 0.376. The van der Waals surface area contributed by atoms with Crippen LogP contribution < -0.4 is 5.69 Å². The number of tetrazole rings is 1. The van der Waals surface area contributed by atoms with Gasteiger partial charge in [-0.15, -0.1) is 10.2 Å². The number of benzene rings is 2. The minimum Gasteiger partial charge on any atom is -0.299 e. The highest BCUT2D eigenvalue weighted by Gasteiger charge is 2.14. The van der Waals surface area contributed by atoms with Gasteiger partial charge in [0.25, 0.3) is 0 Å². The van der Waals surface area contributed by atoms with Crippen molar-refractivity contribution < 1.29 is 0 Å². The molecule has 0 aliphatic rings. The van der Waals surface area contributed by atoms with Gasteiger partial charge in [0, 0.05) is 24.0 Å². The van der Waals surface area contributed by atoms with E-state index >= 15 is 0 Å². The standard InChI is InChI=1S/C26H32N6O/c1-4-5-16-31-18-22(15-10-19(2)3)32(26(31)33)17-20-11-13-21(14-12-20)23-8-6-7-9-24(23)25-27-29-30-28-25/h6-9,11-14,18-19H,4-5,10,15-17H2,1-3H3,(H,27,28,29,30). The lowest BCUT2D eigenvalue weighted by molar-refractivity contribution is 0.563. The Morgan fingerprint density at radius 2 is 1.79 bits per heavy atom. The monoisotopic (exact) mass is 444 g/mol. The topological polar surface area (TPSA) is 81.4 Å². The number of aromatic nitrogens is 6. The van der Waals surface area contributed by atoms with Gasteiger partial charge in [0.15, 0.2) is 0 Å². The number of nitrogens with one attached hydrogen (secondary N) is 1. The molecule has 0 bridgehead atoms. The number of hydrogen-bond donors (Lipinski definition) is 1. The molecule has 0 unspecified atom stereocenters. The maximum absolute atomic E-state index is 13.1. The first kappa shape index (κ1) is 22.7. The number of aryl methyl sites for hydroxylation is 2. The highest BCUT2D eigenvalue weighted by atomic mass is 16.1. The summed E-state index contributed by atoms with van der Waals surface area (Å²) in [5, 5.41) is 14.5. The van der Waals surface area contributed by atoms with Crippen molar-refractivity contribution in [3.8, 4) is 22.5 Å². The van der Waals surface area contributed by atoms with E-state index in [9.17, 15) is 4.79 Å². The van der Waals surface area contributed by atoms with E-state index < -0.39 is 0 Å². The molecule has 0 aliphatic carbocycles. The first-order valence-corrected chi connectivity index (χ1v) is 11.8. The third-order valence-electron chi connectivity index (χ3n) is 5.98. The van der Waals surface area contributed by atoms with Crippen LogP contribution in [0.15, 0.2) is 59.5 Å². The van der Waals surface area contributed by atoms with Crippen molar-refractivity contribution in [1.29, 1.82) is 0 Å². The Kier molecular flexibility index (Phi) is 7.17. The van der Waals surface area contributed by atoms with E-state index in [1.807, 2.05) is 27.3 Å². The fourth-order valence-electron chi connectivity index (χ4n) is 4.05. The van der Waals surface area contributed by atoms with Crippen molar-refractivity contribution in [3.63, 3.8) is 0 Å². The summed E-state index contributed by atoms with van der Waals surface area (Å²) < 4.78 is 3.83. The van der Waals surface area contributed by atoms with E-state index in [0.29, 0.717) is 18.3 Å². The van der Waals surface area contributed by atoms with Gasteiger partial charge in [0.1, 0.15) is 0 Å². The molecule has 0 saturated heterocycles. The largest absolute Gasteiger partial charge is 0.328 e. The SMILES string of the molecule is CCCCn1cc(CCC(C)C)n(Cc2ccc(-c3ccccc3-c3nn[nH]n3)cc2)c1=O. The van der Waals surface area contributed by atoms with Gasteiger partial charge in [0.05, 0.1) is 6.54 Å². The predicted octanol–water partition coefficient (Wildman–Crippen LogP) is 4.93. The molecule has 1 N–H and O–H groups in total. The first-order valence-electron chi connectivity index (χ1n) is 11.8. The van der Waals surface area contributed by atoms with Crippen molar-refractivity contribution in [3.05, 3.63) is 76.5 Å². The van der Waals surface area contributed by atoms with E-state index in [0.717, 1.165) is 60.2 Å². The Balaban J connectivity index is 1.60. The number of H-pyrrole nitrogens is 1. The summed E-state index contributed by atoms with van der Waals surface area (Å²) in [6.07, 6.45) is 6.15. The molecule has 2 aromatic carbocycles. The van der Waals surface area contributed by atoms with Crippen LogP contribution in [-0.2, 0) is 19.5 Å². The molecule has 0 atom stereocenters. The summed E-state index contributed by atoms with van der Waals surface area (Å²) in [5.74, 6) is 1.18. The van der Waals surface area contributed by atoms with Gasteiger partial charge in [-0.2, -0.15) is 5.21 Å². The van der Waals surface area contributed by atoms with Crippen molar-refractivity contribution in [2.75, 3.05) is 0 Å². The number of aromatic amines is 1. The molecule has 0 amide bonds. The molecule has 7 heteroatoms. The zero-order chi connectivity index (χ0) is 23.2. The Hall–Kier alpha value is -3.48. The molecule has 0 radical (unpaired) electrons. The zero-order valence-corrected chi connectivity index (χ0v) is 19.7. The molecule has 0 aliphatic heterocycles. The maximum atomic E-state index is 13.1. The van der Waals surface area contributed by atoms with Crippen molar-refractivity contribution in [1.82, 2.24) is 29.8 Å². The average molecular weight is 445 g/mol. The third-order valence-corrected chi connectivity index (χ3v) is 5.98. The van der Waals surface area contributed by atoms with E-state index in [2.05, 4.69) is 77.9 Å². The molecule has 4 aromatic rings. The summed E-state index contributed by atoms with van der Waals surface area (Å²) in [7, 11) is 0. The number of unbranched alkanes of at least 4 members (excludes halogenated alkanes) is 1. The van der Waals surface area contributed by atoms with Gasteiger partial charge in [0.2, 0.25) is 5.82 Å². The van der Waals surface area contributed by atoms with Crippen LogP contribution in [0.3, 0.4) is 0 Å². The van der Waals surface area contributed by atoms with Crippen LogP contribution in [0.2, 0.25) is 0 Å². The second-order valence-electron chi connectivity index (χ2n) is 8.95. The summed E-state index contributed by atoms with van der Waals surface area (Å²) in [6.45, 7) is 7.96. The van der Waals surface area contributed by atoms with Crippen molar-refractivity contribution in [2.45, 2.75) is 59.5 Å². The van der Waals surface area contributed by atoms with Gasteiger partial charge in [-0.1, -0.05) is 75.7 Å². The molecule has 0 fully saturated rings. The van der Waals surface area contributed by atoms with Crippen LogP contribution in [0.5, 0.6) is 0 Å². The summed E-state index contributed by atoms with van der Waals surface area (Å²) >= 11 is 0. The summed E-state index contributed by atoms with van der Waals surface area (Å²) in [6, 6.07) is 16.4. The number of nitrogens with zero attached hydrogens (tertiary/aromatic N) is 5. The number of imidazole rings is 1. The molecule has 2 heterocycles. The van der Waals surface area contributed by atoms with Crippen LogP contribution in [0.25, 0.3) is 22.5 Å². The van der Waals surface area contributed by atoms with Crippen molar-refractivity contribution in [2.24, 2.45) is 5.92 Å². The fourth-order valence-corrected chi connectivity index (χ4v) is 4.05. The highest BCUT2D eigenvalue weighted by molar-refractivity contribution is 5.80. The molecule has 172 valence electrons. The van der Waals surface area contributed by atoms with E-state index in [1.165, 1.54) is 0 Å². The Morgan fingerprint density at radius 1 is 1.03 bits per heavy atom. The predicted molar refractivity (Wildman–Crippen MR) is 131 cm³/mol. The smallest absolute Gasteiger partial charge is 0.299 e. The van der Waals surface area contributed by atoms with Gasteiger partial charge in [-0.25, -0.2) is 4.79 Å². The Bertz CT molecular complexity index is 1220. The summed E-state index contributed by atoms with van der Waals surface area (Å²) in [5.41, 5.74) is 5.37.